The van der Waals surface area contributed by atoms with Crippen molar-refractivity contribution in [3.05, 3.63) is 47.0 Å². The van der Waals surface area contributed by atoms with Crippen molar-refractivity contribution >= 4 is 11.9 Å². The second-order valence-electron chi connectivity index (χ2n) is 7.98. The van der Waals surface area contributed by atoms with Crippen molar-refractivity contribution < 1.29 is 38.7 Å². The molecule has 0 saturated carbocycles. The zero-order valence-corrected chi connectivity index (χ0v) is 17.3. The van der Waals surface area contributed by atoms with Gasteiger partial charge in [-0.15, -0.1) is 0 Å². The van der Waals surface area contributed by atoms with Gasteiger partial charge in [-0.3, -0.25) is 4.79 Å². The maximum absolute atomic E-state index is 13.6. The predicted molar refractivity (Wildman–Crippen MR) is 109 cm³/mol. The number of aliphatic hydroxyl groups excluding tert-OH is 1. The molecule has 0 bridgehead atoms. The van der Waals surface area contributed by atoms with Crippen LogP contribution in [0.25, 0.3) is 6.08 Å². The zero-order valence-electron chi connectivity index (χ0n) is 17.3. The number of aliphatic hydroxyl groups is 2. The molecule has 0 amide bonds. The van der Waals surface area contributed by atoms with E-state index in [2.05, 4.69) is 0 Å². The molecular weight excluding hydrogens is 404 g/mol. The summed E-state index contributed by atoms with van der Waals surface area (Å²) in [5.74, 6) is 1.43. The average Bonchev–Trinajstić information content (AvgIpc) is 2.79. The Balaban J connectivity index is 1.64. The molecule has 2 N–H and O–H groups in total. The topological polar surface area (TPSA) is 104 Å². The van der Waals surface area contributed by atoms with E-state index in [4.69, 9.17) is 23.7 Å². The molecule has 3 atom stereocenters. The molecule has 0 spiro atoms. The lowest BCUT2D eigenvalue weighted by atomic mass is 9.77. The van der Waals surface area contributed by atoms with Gasteiger partial charge in [-0.25, -0.2) is 0 Å². The number of benzene rings is 2. The maximum atomic E-state index is 13.6. The lowest BCUT2D eigenvalue weighted by Crippen LogP contribution is -2.57. The molecule has 0 aromatic heterocycles. The van der Waals surface area contributed by atoms with Crippen molar-refractivity contribution in [3.63, 3.8) is 0 Å². The highest BCUT2D eigenvalue weighted by molar-refractivity contribution is 6.08. The van der Waals surface area contributed by atoms with Crippen LogP contribution in [0.1, 0.15) is 28.4 Å². The van der Waals surface area contributed by atoms with Crippen LogP contribution in [0, 0.1) is 0 Å². The van der Waals surface area contributed by atoms with Crippen LogP contribution in [0.4, 0.5) is 0 Å². The molecule has 0 fully saturated rings. The highest BCUT2D eigenvalue weighted by atomic mass is 16.6. The Labute approximate surface area is 178 Å². The minimum absolute atomic E-state index is 0.0350. The van der Waals surface area contributed by atoms with Crippen molar-refractivity contribution in [1.29, 1.82) is 0 Å². The van der Waals surface area contributed by atoms with Gasteiger partial charge >= 0.3 is 0 Å². The van der Waals surface area contributed by atoms with Gasteiger partial charge in [-0.1, -0.05) is 0 Å². The summed E-state index contributed by atoms with van der Waals surface area (Å²) in [5, 5.41) is 21.2. The van der Waals surface area contributed by atoms with E-state index in [9.17, 15) is 15.0 Å². The fourth-order valence-electron chi connectivity index (χ4n) is 4.24. The quantitative estimate of drug-likeness (QED) is 0.769. The first-order valence-electron chi connectivity index (χ1n) is 9.84. The number of carbonyl (C=O) groups excluding carboxylic acids is 1. The SMILES string of the molecule is COc1cc2c(cc1OC)[C@]1(O)C(=O)c3ccc4c(c3O[C@@H]1CO2)C=CC(C)(CO)O4. The number of carbonyl (C=O) groups is 1. The average molecular weight is 426 g/mol. The Hall–Kier alpha value is -3.23. The van der Waals surface area contributed by atoms with E-state index in [-0.39, 0.29) is 24.3 Å². The van der Waals surface area contributed by atoms with Crippen LogP contribution < -0.4 is 23.7 Å². The molecule has 3 aliphatic rings. The normalized spacial score (nSPS) is 27.5. The van der Waals surface area contributed by atoms with E-state index < -0.39 is 23.1 Å². The summed E-state index contributed by atoms with van der Waals surface area (Å²) in [4.78, 5) is 13.6. The molecule has 162 valence electrons. The van der Waals surface area contributed by atoms with Crippen LogP contribution in [0.3, 0.4) is 0 Å². The third-order valence-electron chi connectivity index (χ3n) is 6.02. The first-order chi connectivity index (χ1) is 14.8. The molecular formula is C23H22O8. The van der Waals surface area contributed by atoms with Crippen molar-refractivity contribution in [3.8, 4) is 28.7 Å². The number of rotatable bonds is 3. The van der Waals surface area contributed by atoms with Gasteiger partial charge in [-0.05, 0) is 37.3 Å². The van der Waals surface area contributed by atoms with E-state index in [1.54, 1.807) is 43.3 Å². The van der Waals surface area contributed by atoms with Gasteiger partial charge in [-0.2, -0.15) is 0 Å². The third-order valence-corrected chi connectivity index (χ3v) is 6.02. The van der Waals surface area contributed by atoms with Crippen LogP contribution in [0.5, 0.6) is 28.7 Å². The smallest absolute Gasteiger partial charge is 0.206 e. The lowest BCUT2D eigenvalue weighted by molar-refractivity contribution is -0.0802. The van der Waals surface area contributed by atoms with E-state index in [0.717, 1.165) is 0 Å². The Kier molecular flexibility index (Phi) is 4.22. The lowest BCUT2D eigenvalue weighted by Gasteiger charge is -2.44. The van der Waals surface area contributed by atoms with Crippen molar-refractivity contribution in [2.75, 3.05) is 27.4 Å². The van der Waals surface area contributed by atoms with Gasteiger partial charge in [0.15, 0.2) is 23.2 Å². The highest BCUT2D eigenvalue weighted by Gasteiger charge is 2.56. The Bertz CT molecular complexity index is 1120. The van der Waals surface area contributed by atoms with Crippen LogP contribution in [0.2, 0.25) is 0 Å². The molecule has 0 saturated heterocycles. The molecule has 5 rings (SSSR count). The van der Waals surface area contributed by atoms with E-state index in [1.807, 2.05) is 0 Å². The number of hydrogen-bond donors (Lipinski definition) is 2. The number of ketones is 1. The Morgan fingerprint density at radius 3 is 2.61 bits per heavy atom. The molecule has 31 heavy (non-hydrogen) atoms. The van der Waals surface area contributed by atoms with Crippen LogP contribution >= 0.6 is 0 Å². The minimum Gasteiger partial charge on any atom is -0.493 e. The molecule has 0 radical (unpaired) electrons. The molecule has 3 heterocycles. The number of ether oxygens (including phenoxy) is 5. The molecule has 2 aromatic carbocycles. The van der Waals surface area contributed by atoms with E-state index in [1.165, 1.54) is 14.2 Å². The van der Waals surface area contributed by atoms with Gasteiger partial charge < -0.3 is 33.9 Å². The number of fused-ring (bicyclic) bond motifs is 6. The fourth-order valence-corrected chi connectivity index (χ4v) is 4.24. The fraction of sp³-hybridized carbons (Fsp3) is 0.348. The molecule has 8 nitrogen and oxygen atoms in total. The summed E-state index contributed by atoms with van der Waals surface area (Å²) >= 11 is 0. The van der Waals surface area contributed by atoms with Gasteiger partial charge in [0, 0.05) is 11.6 Å². The summed E-state index contributed by atoms with van der Waals surface area (Å²) in [6.07, 6.45) is 2.51. The van der Waals surface area contributed by atoms with E-state index >= 15 is 0 Å². The first-order valence-corrected chi connectivity index (χ1v) is 9.84. The second-order valence-corrected chi connectivity index (χ2v) is 7.98. The maximum Gasteiger partial charge on any atom is 0.206 e. The number of methoxy groups -OCH3 is 2. The summed E-state index contributed by atoms with van der Waals surface area (Å²) in [7, 11) is 2.97. The molecule has 2 aromatic rings. The Morgan fingerprint density at radius 2 is 1.90 bits per heavy atom. The van der Waals surface area contributed by atoms with Gasteiger partial charge in [0.05, 0.1) is 32.0 Å². The standard InChI is InChI=1S/C23H22O8/c1-22(11-24)7-6-12-15(31-22)5-4-13-20(12)30-19-10-29-16-9-18(28-3)17(27-2)8-14(16)23(19,26)21(13)25/h4-9,19,24,26H,10-11H2,1-3H3/t19-,22?,23-/m1/s1. The molecule has 8 heteroatoms. The predicted octanol–water partition coefficient (Wildman–Crippen LogP) is 2.08. The van der Waals surface area contributed by atoms with Gasteiger partial charge in [0.25, 0.3) is 0 Å². The number of Topliss-reactive ketones (excluding diaryl/α,β-unsaturated/α-hetero) is 1. The van der Waals surface area contributed by atoms with Crippen molar-refractivity contribution in [2.45, 2.75) is 24.2 Å². The van der Waals surface area contributed by atoms with Crippen LogP contribution in [0.15, 0.2) is 30.3 Å². The zero-order chi connectivity index (χ0) is 22.0. The summed E-state index contributed by atoms with van der Waals surface area (Å²) in [6.45, 7) is 1.52. The molecule has 1 unspecified atom stereocenters. The van der Waals surface area contributed by atoms with Gasteiger partial charge in [0.1, 0.15) is 29.5 Å². The largest absolute Gasteiger partial charge is 0.493 e. The summed E-state index contributed by atoms with van der Waals surface area (Å²) in [5.41, 5.74) is -1.73. The highest BCUT2D eigenvalue weighted by Crippen LogP contribution is 2.51. The van der Waals surface area contributed by atoms with Crippen LogP contribution in [-0.2, 0) is 5.60 Å². The molecule has 3 aliphatic heterocycles. The summed E-state index contributed by atoms with van der Waals surface area (Å²) in [6, 6.07) is 6.34. The van der Waals surface area contributed by atoms with Crippen molar-refractivity contribution in [2.24, 2.45) is 0 Å². The van der Waals surface area contributed by atoms with E-state index in [0.29, 0.717) is 34.3 Å². The monoisotopic (exact) mass is 426 g/mol. The van der Waals surface area contributed by atoms with Crippen molar-refractivity contribution in [1.82, 2.24) is 0 Å². The second kappa shape index (κ2) is 6.63. The third kappa shape index (κ3) is 2.65. The minimum atomic E-state index is -1.95. The van der Waals surface area contributed by atoms with Gasteiger partial charge in [0.2, 0.25) is 5.78 Å². The molecule has 0 aliphatic carbocycles. The first kappa shape index (κ1) is 19.7. The summed E-state index contributed by atoms with van der Waals surface area (Å²) < 4.78 is 28.5. The van der Waals surface area contributed by atoms with Crippen LogP contribution in [-0.4, -0.2) is 55.1 Å². The number of hydrogen-bond acceptors (Lipinski definition) is 8. The Morgan fingerprint density at radius 1 is 1.16 bits per heavy atom.